The van der Waals surface area contributed by atoms with Gasteiger partial charge in [-0.15, -0.1) is 11.3 Å². The van der Waals surface area contributed by atoms with Crippen molar-refractivity contribution in [1.82, 2.24) is 14.9 Å². The van der Waals surface area contributed by atoms with Crippen molar-refractivity contribution in [3.05, 3.63) is 11.4 Å². The summed E-state index contributed by atoms with van der Waals surface area (Å²) in [5.41, 5.74) is 5.72. The van der Waals surface area contributed by atoms with Gasteiger partial charge in [-0.25, -0.2) is 4.98 Å². The summed E-state index contributed by atoms with van der Waals surface area (Å²) in [4.78, 5) is 11.9. The number of fused-ring (bicyclic) bond motifs is 1. The molecule has 0 amide bonds. The van der Waals surface area contributed by atoms with Crippen molar-refractivity contribution in [3.8, 4) is 0 Å². The number of nitrogens with two attached hydrogens (primary N) is 1. The van der Waals surface area contributed by atoms with Crippen LogP contribution in [0.3, 0.4) is 0 Å². The Bertz CT molecular complexity index is 521. The van der Waals surface area contributed by atoms with Crippen molar-refractivity contribution >= 4 is 33.3 Å². The number of nitrogens with one attached hydrogen (secondary N) is 1. The molecule has 2 aromatic heterocycles. The molecule has 104 valence electrons. The number of rotatable bonds is 7. The van der Waals surface area contributed by atoms with Crippen molar-refractivity contribution in [1.29, 1.82) is 0 Å². The van der Waals surface area contributed by atoms with E-state index in [9.17, 15) is 0 Å². The second-order valence-electron chi connectivity index (χ2n) is 4.38. The summed E-state index contributed by atoms with van der Waals surface area (Å²) in [5.74, 6) is 1.18. The molecule has 2 heterocycles. The number of aromatic nitrogens is 2. The van der Waals surface area contributed by atoms with Crippen LogP contribution in [0.1, 0.15) is 20.3 Å². The van der Waals surface area contributed by atoms with E-state index in [1.54, 1.807) is 11.3 Å². The van der Waals surface area contributed by atoms with Crippen molar-refractivity contribution in [2.45, 2.75) is 20.3 Å². The number of hydrogen-bond donors (Lipinski definition) is 2. The van der Waals surface area contributed by atoms with Gasteiger partial charge in [0.05, 0.1) is 5.39 Å². The number of nitrogen functional groups attached to an aromatic ring is 1. The molecule has 2 aromatic rings. The molecule has 0 aliphatic heterocycles. The Morgan fingerprint density at radius 1 is 1.32 bits per heavy atom. The van der Waals surface area contributed by atoms with Crippen molar-refractivity contribution in [2.75, 3.05) is 37.2 Å². The van der Waals surface area contributed by atoms with E-state index in [2.05, 4.69) is 34.0 Å². The van der Waals surface area contributed by atoms with Gasteiger partial charge < -0.3 is 16.0 Å². The second kappa shape index (κ2) is 6.68. The van der Waals surface area contributed by atoms with Crippen LogP contribution in [-0.4, -0.2) is 41.0 Å². The fraction of sp³-hybridized carbons (Fsp3) is 0.538. The summed E-state index contributed by atoms with van der Waals surface area (Å²) in [6, 6.07) is 2.03. The molecule has 2 rings (SSSR count). The predicted molar refractivity (Wildman–Crippen MR) is 82.7 cm³/mol. The summed E-state index contributed by atoms with van der Waals surface area (Å²) in [6.45, 7) is 8.59. The molecule has 0 saturated carbocycles. The number of nitrogens with zero attached hydrogens (tertiary/aromatic N) is 3. The molecule has 0 atom stereocenters. The quantitative estimate of drug-likeness (QED) is 0.762. The lowest BCUT2D eigenvalue weighted by Gasteiger charge is -2.17. The van der Waals surface area contributed by atoms with Crippen LogP contribution >= 0.6 is 11.3 Å². The van der Waals surface area contributed by atoms with Crippen molar-refractivity contribution < 1.29 is 0 Å². The SMILES string of the molecule is CCN(CC)CCCNc1nc(N)nc2sccc12. The number of hydrogen-bond acceptors (Lipinski definition) is 6. The average Bonchev–Trinajstić information content (AvgIpc) is 2.86. The number of thiophene rings is 1. The van der Waals surface area contributed by atoms with Crippen LogP contribution in [0.25, 0.3) is 10.2 Å². The molecule has 0 unspecified atom stereocenters. The Labute approximate surface area is 117 Å². The maximum Gasteiger partial charge on any atom is 0.223 e. The summed E-state index contributed by atoms with van der Waals surface area (Å²) >= 11 is 1.59. The van der Waals surface area contributed by atoms with E-state index >= 15 is 0 Å². The lowest BCUT2D eigenvalue weighted by atomic mass is 10.3. The molecule has 0 radical (unpaired) electrons. The molecule has 6 heteroatoms. The molecule has 0 saturated heterocycles. The zero-order chi connectivity index (χ0) is 13.7. The number of anilines is 2. The van der Waals surface area contributed by atoms with Crippen LogP contribution in [-0.2, 0) is 0 Å². The van der Waals surface area contributed by atoms with Gasteiger partial charge in [0.1, 0.15) is 10.6 Å². The molecular formula is C13H21N5S. The van der Waals surface area contributed by atoms with Crippen molar-refractivity contribution in [3.63, 3.8) is 0 Å². The van der Waals surface area contributed by atoms with Crippen LogP contribution in [0, 0.1) is 0 Å². The van der Waals surface area contributed by atoms with Crippen LogP contribution < -0.4 is 11.1 Å². The van der Waals surface area contributed by atoms with E-state index in [0.717, 1.165) is 48.6 Å². The highest BCUT2D eigenvalue weighted by Gasteiger charge is 2.06. The molecule has 3 N–H and O–H groups in total. The molecule has 0 aromatic carbocycles. The first-order valence-corrected chi connectivity index (χ1v) is 7.59. The third-order valence-corrected chi connectivity index (χ3v) is 3.99. The lowest BCUT2D eigenvalue weighted by Crippen LogP contribution is -2.25. The summed E-state index contributed by atoms with van der Waals surface area (Å²) in [5, 5.41) is 6.44. The maximum atomic E-state index is 5.72. The third-order valence-electron chi connectivity index (χ3n) is 3.18. The first kappa shape index (κ1) is 14.0. The van der Waals surface area contributed by atoms with E-state index < -0.39 is 0 Å². The fourth-order valence-electron chi connectivity index (χ4n) is 2.06. The van der Waals surface area contributed by atoms with Crippen LogP contribution in [0.5, 0.6) is 0 Å². The first-order chi connectivity index (χ1) is 9.24. The van der Waals surface area contributed by atoms with Crippen molar-refractivity contribution in [2.24, 2.45) is 0 Å². The molecule has 0 aliphatic carbocycles. The maximum absolute atomic E-state index is 5.72. The molecule has 0 aliphatic rings. The molecule has 5 nitrogen and oxygen atoms in total. The van der Waals surface area contributed by atoms with E-state index in [0.29, 0.717) is 5.95 Å². The third kappa shape index (κ3) is 3.54. The van der Waals surface area contributed by atoms with E-state index in [-0.39, 0.29) is 0 Å². The van der Waals surface area contributed by atoms with Gasteiger partial charge in [0.2, 0.25) is 5.95 Å². The zero-order valence-corrected chi connectivity index (χ0v) is 12.3. The van der Waals surface area contributed by atoms with Gasteiger partial charge in [0.15, 0.2) is 0 Å². The van der Waals surface area contributed by atoms with Gasteiger partial charge in [-0.05, 0) is 37.5 Å². The van der Waals surface area contributed by atoms with E-state index in [1.165, 1.54) is 0 Å². The fourth-order valence-corrected chi connectivity index (χ4v) is 2.83. The highest BCUT2D eigenvalue weighted by atomic mass is 32.1. The standard InChI is InChI=1S/C13H21N5S/c1-3-18(4-2)8-5-7-15-11-10-6-9-19-12(10)17-13(14)16-11/h6,9H,3-5,7-8H2,1-2H3,(H3,14,15,16,17). The Morgan fingerprint density at radius 2 is 2.11 bits per heavy atom. The van der Waals surface area contributed by atoms with Gasteiger partial charge in [0, 0.05) is 6.54 Å². The van der Waals surface area contributed by atoms with Crippen LogP contribution in [0.2, 0.25) is 0 Å². The smallest absolute Gasteiger partial charge is 0.223 e. The zero-order valence-electron chi connectivity index (χ0n) is 11.5. The molecular weight excluding hydrogens is 258 g/mol. The topological polar surface area (TPSA) is 67.1 Å². The second-order valence-corrected chi connectivity index (χ2v) is 5.27. The lowest BCUT2D eigenvalue weighted by molar-refractivity contribution is 0.303. The summed E-state index contributed by atoms with van der Waals surface area (Å²) < 4.78 is 0. The molecule has 0 spiro atoms. The molecule has 19 heavy (non-hydrogen) atoms. The largest absolute Gasteiger partial charge is 0.369 e. The Morgan fingerprint density at radius 3 is 2.84 bits per heavy atom. The van der Waals surface area contributed by atoms with Gasteiger partial charge in [-0.2, -0.15) is 4.98 Å². The minimum Gasteiger partial charge on any atom is -0.369 e. The highest BCUT2D eigenvalue weighted by molar-refractivity contribution is 7.16. The highest BCUT2D eigenvalue weighted by Crippen LogP contribution is 2.25. The van der Waals surface area contributed by atoms with Gasteiger partial charge in [-0.3, -0.25) is 0 Å². The normalized spacial score (nSPS) is 11.3. The Kier molecular flexibility index (Phi) is 4.93. The van der Waals surface area contributed by atoms with Crippen LogP contribution in [0.4, 0.5) is 11.8 Å². The molecule has 0 bridgehead atoms. The van der Waals surface area contributed by atoms with E-state index in [4.69, 9.17) is 5.73 Å². The first-order valence-electron chi connectivity index (χ1n) is 6.71. The minimum atomic E-state index is 0.334. The van der Waals surface area contributed by atoms with Gasteiger partial charge in [-0.1, -0.05) is 13.8 Å². The molecule has 0 fully saturated rings. The minimum absolute atomic E-state index is 0.334. The van der Waals surface area contributed by atoms with E-state index in [1.807, 2.05) is 11.4 Å². The summed E-state index contributed by atoms with van der Waals surface area (Å²) in [6.07, 6.45) is 1.09. The predicted octanol–water partition coefficient (Wildman–Crippen LogP) is 2.42. The monoisotopic (exact) mass is 279 g/mol. The summed E-state index contributed by atoms with van der Waals surface area (Å²) in [7, 11) is 0. The Hall–Kier alpha value is -1.40. The Balaban J connectivity index is 1.92. The van der Waals surface area contributed by atoms with Crippen LogP contribution in [0.15, 0.2) is 11.4 Å². The average molecular weight is 279 g/mol. The van der Waals surface area contributed by atoms with Gasteiger partial charge in [0.25, 0.3) is 0 Å². The van der Waals surface area contributed by atoms with Gasteiger partial charge >= 0.3 is 0 Å².